The zero-order valence-electron chi connectivity index (χ0n) is 15.7. The molecule has 0 saturated heterocycles. The molecule has 0 aliphatic rings. The minimum atomic E-state index is 0.859. The predicted octanol–water partition coefficient (Wildman–Crippen LogP) is 6.01. The number of aromatic nitrogens is 1. The topological polar surface area (TPSA) is 25.2 Å². The fourth-order valence-corrected chi connectivity index (χ4v) is 3.31. The molecule has 4 aromatic rings. The standard InChI is InChI=1S/C26H22N2/c1-3-10-21(11-4-1)18-23-14-9-15-24(19-22-12-5-2-6-13-22)26(23)28-20-25-16-7-8-17-27-25/h1-17,20H,18-19H2. The fourth-order valence-electron chi connectivity index (χ4n) is 3.31. The third-order valence-corrected chi connectivity index (χ3v) is 4.69. The summed E-state index contributed by atoms with van der Waals surface area (Å²) in [6.45, 7) is 0. The van der Waals surface area contributed by atoms with Crippen molar-refractivity contribution in [2.24, 2.45) is 4.99 Å². The van der Waals surface area contributed by atoms with E-state index in [1.165, 1.54) is 22.3 Å². The molecule has 0 spiro atoms. The van der Waals surface area contributed by atoms with Gasteiger partial charge in [-0.1, -0.05) is 84.9 Å². The van der Waals surface area contributed by atoms with Crippen molar-refractivity contribution in [3.05, 3.63) is 131 Å². The molecule has 0 fully saturated rings. The SMILES string of the molecule is C(=Nc1c(Cc2ccccc2)cccc1Cc1ccccc1)c1ccccn1. The van der Waals surface area contributed by atoms with Gasteiger partial charge in [0.15, 0.2) is 0 Å². The Kier molecular flexibility index (Phi) is 5.69. The molecule has 0 radical (unpaired) electrons. The Morgan fingerprint density at radius 2 is 1.18 bits per heavy atom. The molecule has 2 heteroatoms. The predicted molar refractivity (Wildman–Crippen MR) is 116 cm³/mol. The number of benzene rings is 3. The fraction of sp³-hybridized carbons (Fsp3) is 0.0769. The largest absolute Gasteiger partial charge is 0.255 e. The lowest BCUT2D eigenvalue weighted by Crippen LogP contribution is -1.96. The van der Waals surface area contributed by atoms with Gasteiger partial charge in [0, 0.05) is 6.20 Å². The molecule has 2 nitrogen and oxygen atoms in total. The summed E-state index contributed by atoms with van der Waals surface area (Å²) in [7, 11) is 0. The van der Waals surface area contributed by atoms with Crippen LogP contribution in [-0.2, 0) is 12.8 Å². The van der Waals surface area contributed by atoms with E-state index in [1.54, 1.807) is 6.20 Å². The summed E-state index contributed by atoms with van der Waals surface area (Å²) in [5.74, 6) is 0. The zero-order valence-corrected chi connectivity index (χ0v) is 15.7. The average molecular weight is 362 g/mol. The molecule has 0 N–H and O–H groups in total. The molecule has 1 heterocycles. The van der Waals surface area contributed by atoms with Gasteiger partial charge in [0.1, 0.15) is 0 Å². The van der Waals surface area contributed by atoms with Gasteiger partial charge >= 0.3 is 0 Å². The summed E-state index contributed by atoms with van der Waals surface area (Å²) in [6, 6.07) is 33.4. The first-order valence-corrected chi connectivity index (χ1v) is 9.52. The van der Waals surface area contributed by atoms with E-state index >= 15 is 0 Å². The van der Waals surface area contributed by atoms with Crippen LogP contribution in [0.3, 0.4) is 0 Å². The Labute approximate surface area is 166 Å². The lowest BCUT2D eigenvalue weighted by atomic mass is 9.96. The van der Waals surface area contributed by atoms with Gasteiger partial charge in [-0.2, -0.15) is 0 Å². The molecule has 1 aromatic heterocycles. The maximum absolute atomic E-state index is 4.88. The molecular formula is C26H22N2. The van der Waals surface area contributed by atoms with E-state index in [-0.39, 0.29) is 0 Å². The quantitative estimate of drug-likeness (QED) is 0.385. The van der Waals surface area contributed by atoms with Gasteiger partial charge in [0.05, 0.1) is 17.6 Å². The monoisotopic (exact) mass is 362 g/mol. The normalized spacial score (nSPS) is 11.0. The smallest absolute Gasteiger partial charge is 0.0812 e. The number of pyridine rings is 1. The molecule has 0 aliphatic heterocycles. The highest BCUT2D eigenvalue weighted by atomic mass is 14.8. The van der Waals surface area contributed by atoms with E-state index < -0.39 is 0 Å². The van der Waals surface area contributed by atoms with Gasteiger partial charge in [-0.25, -0.2) is 0 Å². The molecule has 3 aromatic carbocycles. The Hall–Kier alpha value is -3.52. The van der Waals surface area contributed by atoms with Crippen molar-refractivity contribution < 1.29 is 0 Å². The van der Waals surface area contributed by atoms with Crippen LogP contribution in [0.5, 0.6) is 0 Å². The Bertz CT molecular complexity index is 980. The van der Waals surface area contributed by atoms with Crippen LogP contribution in [0.4, 0.5) is 5.69 Å². The van der Waals surface area contributed by atoms with E-state index in [0.29, 0.717) is 0 Å². The maximum Gasteiger partial charge on any atom is 0.0812 e. The molecule has 28 heavy (non-hydrogen) atoms. The molecule has 0 aliphatic carbocycles. The number of aliphatic imine (C=N–C) groups is 1. The highest BCUT2D eigenvalue weighted by Crippen LogP contribution is 2.29. The first kappa shape index (κ1) is 17.9. The van der Waals surface area contributed by atoms with Crippen molar-refractivity contribution in [1.82, 2.24) is 4.98 Å². The summed E-state index contributed by atoms with van der Waals surface area (Å²) < 4.78 is 0. The van der Waals surface area contributed by atoms with Crippen LogP contribution in [-0.4, -0.2) is 11.2 Å². The van der Waals surface area contributed by atoms with Crippen molar-refractivity contribution in [3.63, 3.8) is 0 Å². The second kappa shape index (κ2) is 8.92. The van der Waals surface area contributed by atoms with Crippen LogP contribution in [0, 0.1) is 0 Å². The molecule has 0 bridgehead atoms. The van der Waals surface area contributed by atoms with E-state index in [9.17, 15) is 0 Å². The van der Waals surface area contributed by atoms with Crippen molar-refractivity contribution >= 4 is 11.9 Å². The Morgan fingerprint density at radius 1 is 0.607 bits per heavy atom. The highest BCUT2D eigenvalue weighted by molar-refractivity contribution is 5.80. The summed E-state index contributed by atoms with van der Waals surface area (Å²) in [6.07, 6.45) is 5.37. The van der Waals surface area contributed by atoms with E-state index in [2.05, 4.69) is 83.8 Å². The van der Waals surface area contributed by atoms with Gasteiger partial charge in [0.25, 0.3) is 0 Å². The molecular weight excluding hydrogens is 340 g/mol. The van der Waals surface area contributed by atoms with Crippen LogP contribution in [0.25, 0.3) is 0 Å². The second-order valence-corrected chi connectivity index (χ2v) is 6.76. The third kappa shape index (κ3) is 4.60. The van der Waals surface area contributed by atoms with Gasteiger partial charge in [-0.15, -0.1) is 0 Å². The van der Waals surface area contributed by atoms with Crippen molar-refractivity contribution in [2.75, 3.05) is 0 Å². The van der Waals surface area contributed by atoms with Crippen LogP contribution >= 0.6 is 0 Å². The summed E-state index contributed by atoms with van der Waals surface area (Å²) in [5, 5.41) is 0. The van der Waals surface area contributed by atoms with Crippen LogP contribution in [0.1, 0.15) is 27.9 Å². The number of para-hydroxylation sites is 1. The number of rotatable bonds is 6. The molecule has 0 atom stereocenters. The van der Waals surface area contributed by atoms with Crippen molar-refractivity contribution in [2.45, 2.75) is 12.8 Å². The minimum Gasteiger partial charge on any atom is -0.255 e. The number of hydrogen-bond acceptors (Lipinski definition) is 2. The number of nitrogens with zero attached hydrogens (tertiary/aromatic N) is 2. The molecule has 0 unspecified atom stereocenters. The van der Waals surface area contributed by atoms with Gasteiger partial charge in [0.2, 0.25) is 0 Å². The average Bonchev–Trinajstić information content (AvgIpc) is 2.75. The third-order valence-electron chi connectivity index (χ3n) is 4.69. The van der Waals surface area contributed by atoms with Crippen LogP contribution < -0.4 is 0 Å². The van der Waals surface area contributed by atoms with Gasteiger partial charge in [-0.3, -0.25) is 9.98 Å². The molecule has 0 saturated carbocycles. The Morgan fingerprint density at radius 3 is 1.71 bits per heavy atom. The number of hydrogen-bond donors (Lipinski definition) is 0. The van der Waals surface area contributed by atoms with E-state index in [1.807, 2.05) is 24.4 Å². The summed E-state index contributed by atoms with van der Waals surface area (Å²) in [4.78, 5) is 9.25. The minimum absolute atomic E-state index is 0.859. The van der Waals surface area contributed by atoms with Gasteiger partial charge in [-0.05, 0) is 47.2 Å². The summed E-state index contributed by atoms with van der Waals surface area (Å²) in [5.41, 5.74) is 6.93. The van der Waals surface area contributed by atoms with Crippen LogP contribution in [0.2, 0.25) is 0 Å². The summed E-state index contributed by atoms with van der Waals surface area (Å²) >= 11 is 0. The van der Waals surface area contributed by atoms with E-state index in [4.69, 9.17) is 4.99 Å². The first-order chi connectivity index (χ1) is 13.9. The maximum atomic E-state index is 4.88. The van der Waals surface area contributed by atoms with Crippen LogP contribution in [0.15, 0.2) is 108 Å². The van der Waals surface area contributed by atoms with Crippen molar-refractivity contribution in [3.8, 4) is 0 Å². The second-order valence-electron chi connectivity index (χ2n) is 6.76. The Balaban J connectivity index is 1.72. The molecule has 136 valence electrons. The molecule has 4 rings (SSSR count). The first-order valence-electron chi connectivity index (χ1n) is 9.52. The van der Waals surface area contributed by atoms with Crippen molar-refractivity contribution in [1.29, 1.82) is 0 Å². The van der Waals surface area contributed by atoms with E-state index in [0.717, 1.165) is 24.2 Å². The lowest BCUT2D eigenvalue weighted by molar-refractivity contribution is 1.13. The van der Waals surface area contributed by atoms with Gasteiger partial charge < -0.3 is 0 Å². The highest BCUT2D eigenvalue weighted by Gasteiger charge is 2.09. The molecule has 0 amide bonds. The lowest BCUT2D eigenvalue weighted by Gasteiger charge is -2.12. The zero-order chi connectivity index (χ0) is 19.0.